The third-order valence-corrected chi connectivity index (χ3v) is 6.61. The Morgan fingerprint density at radius 3 is 2.74 bits per heavy atom. The molecular weight excluding hydrogens is 428 g/mol. The number of carbonyl (C=O) groups is 1. The zero-order valence-corrected chi connectivity index (χ0v) is 18.5. The van der Waals surface area contributed by atoms with Gasteiger partial charge in [-0.1, -0.05) is 48.5 Å². The summed E-state index contributed by atoms with van der Waals surface area (Å²) in [5.74, 6) is 1.37. The molecule has 1 atom stereocenters. The van der Waals surface area contributed by atoms with Gasteiger partial charge in [0.2, 0.25) is 12.7 Å². The van der Waals surface area contributed by atoms with E-state index in [2.05, 4.69) is 17.1 Å². The largest absolute Gasteiger partial charge is 0.454 e. The summed E-state index contributed by atoms with van der Waals surface area (Å²) < 4.78 is 11.1. The van der Waals surface area contributed by atoms with Crippen molar-refractivity contribution < 1.29 is 19.4 Å². The standard InChI is InChI=1S/C28H24N2O4/c31-16-19-7-5-18(6-8-19)9-12-26(32)30-14-13-22-21-3-1-2-4-23(21)29-27(22)28(30)20-10-11-24-25(15-20)34-17-33-24/h1-12,15,28-29,31H,13-14,16-17H2. The molecule has 1 amide bonds. The summed E-state index contributed by atoms with van der Waals surface area (Å²) in [5.41, 5.74) is 6.10. The summed E-state index contributed by atoms with van der Waals surface area (Å²) in [7, 11) is 0. The molecule has 6 rings (SSSR count). The van der Waals surface area contributed by atoms with Crippen molar-refractivity contribution in [3.63, 3.8) is 0 Å². The number of hydrogen-bond acceptors (Lipinski definition) is 4. The van der Waals surface area contributed by atoms with Crippen LogP contribution in [-0.2, 0) is 17.8 Å². The minimum Gasteiger partial charge on any atom is -0.454 e. The third kappa shape index (κ3) is 3.53. The lowest BCUT2D eigenvalue weighted by atomic mass is 9.92. The Balaban J connectivity index is 1.39. The van der Waals surface area contributed by atoms with Crippen molar-refractivity contribution in [3.05, 3.63) is 101 Å². The van der Waals surface area contributed by atoms with Crippen LogP contribution >= 0.6 is 0 Å². The fourth-order valence-electron chi connectivity index (χ4n) is 4.91. The predicted molar refractivity (Wildman–Crippen MR) is 130 cm³/mol. The molecule has 2 N–H and O–H groups in total. The normalized spacial score (nSPS) is 16.9. The number of fused-ring (bicyclic) bond motifs is 4. The van der Waals surface area contributed by atoms with Crippen molar-refractivity contribution in [2.75, 3.05) is 13.3 Å². The van der Waals surface area contributed by atoms with E-state index in [4.69, 9.17) is 9.47 Å². The molecule has 1 unspecified atom stereocenters. The fourth-order valence-corrected chi connectivity index (χ4v) is 4.91. The van der Waals surface area contributed by atoms with E-state index in [1.54, 1.807) is 6.08 Å². The van der Waals surface area contributed by atoms with Crippen molar-refractivity contribution in [1.29, 1.82) is 0 Å². The minimum atomic E-state index is -0.264. The molecule has 6 nitrogen and oxygen atoms in total. The molecule has 0 spiro atoms. The zero-order valence-electron chi connectivity index (χ0n) is 18.5. The van der Waals surface area contributed by atoms with E-state index in [0.29, 0.717) is 12.3 Å². The highest BCUT2D eigenvalue weighted by Gasteiger charge is 2.34. The van der Waals surface area contributed by atoms with Crippen LogP contribution in [0, 0.1) is 0 Å². The van der Waals surface area contributed by atoms with Crippen LogP contribution in [0.15, 0.2) is 72.8 Å². The summed E-state index contributed by atoms with van der Waals surface area (Å²) >= 11 is 0. The minimum absolute atomic E-state index is 0.000743. The van der Waals surface area contributed by atoms with Gasteiger partial charge in [0.1, 0.15) is 0 Å². The summed E-state index contributed by atoms with van der Waals surface area (Å²) in [6.07, 6.45) is 4.23. The van der Waals surface area contributed by atoms with E-state index in [1.807, 2.05) is 65.6 Å². The van der Waals surface area contributed by atoms with Gasteiger partial charge in [-0.05, 0) is 52.9 Å². The first-order valence-electron chi connectivity index (χ1n) is 11.4. The van der Waals surface area contributed by atoms with Gasteiger partial charge < -0.3 is 24.5 Å². The number of amides is 1. The van der Waals surface area contributed by atoms with Gasteiger partial charge in [0.15, 0.2) is 11.5 Å². The highest BCUT2D eigenvalue weighted by Crippen LogP contribution is 2.42. The maximum Gasteiger partial charge on any atom is 0.247 e. The number of H-pyrrole nitrogens is 1. The number of benzene rings is 3. The average Bonchev–Trinajstić information content (AvgIpc) is 3.51. The Kier molecular flexibility index (Phi) is 5.08. The topological polar surface area (TPSA) is 74.8 Å². The first kappa shape index (κ1) is 20.6. The number of aliphatic hydroxyl groups is 1. The number of rotatable bonds is 4. The highest BCUT2D eigenvalue weighted by molar-refractivity contribution is 5.93. The zero-order chi connectivity index (χ0) is 23.1. The lowest BCUT2D eigenvalue weighted by Crippen LogP contribution is -2.39. The number of hydrogen-bond donors (Lipinski definition) is 2. The molecule has 2 aliphatic heterocycles. The molecule has 170 valence electrons. The number of aromatic nitrogens is 1. The monoisotopic (exact) mass is 452 g/mol. The Labute approximate surface area is 197 Å². The molecule has 3 aromatic carbocycles. The number of nitrogens with one attached hydrogen (secondary N) is 1. The molecule has 2 aliphatic rings. The number of nitrogens with zero attached hydrogens (tertiary/aromatic N) is 1. The van der Waals surface area contributed by atoms with E-state index >= 15 is 0 Å². The van der Waals surface area contributed by atoms with Crippen LogP contribution in [0.1, 0.15) is 34.0 Å². The van der Waals surface area contributed by atoms with E-state index in [0.717, 1.165) is 40.1 Å². The fraction of sp³-hybridized carbons (Fsp3) is 0.179. The van der Waals surface area contributed by atoms with E-state index in [9.17, 15) is 9.90 Å². The van der Waals surface area contributed by atoms with Gasteiger partial charge in [0.05, 0.1) is 12.6 Å². The smallest absolute Gasteiger partial charge is 0.247 e. The maximum atomic E-state index is 13.5. The van der Waals surface area contributed by atoms with Crippen molar-refractivity contribution in [1.82, 2.24) is 9.88 Å². The molecule has 34 heavy (non-hydrogen) atoms. The predicted octanol–water partition coefficient (Wildman–Crippen LogP) is 4.58. The maximum absolute atomic E-state index is 13.5. The highest BCUT2D eigenvalue weighted by atomic mass is 16.7. The Morgan fingerprint density at radius 1 is 1.06 bits per heavy atom. The van der Waals surface area contributed by atoms with Gasteiger partial charge in [-0.3, -0.25) is 4.79 Å². The van der Waals surface area contributed by atoms with Crippen LogP contribution in [0.5, 0.6) is 11.5 Å². The Morgan fingerprint density at radius 2 is 1.88 bits per heavy atom. The third-order valence-electron chi connectivity index (χ3n) is 6.61. The second-order valence-electron chi connectivity index (χ2n) is 8.59. The Hall–Kier alpha value is -4.03. The van der Waals surface area contributed by atoms with Gasteiger partial charge in [-0.25, -0.2) is 0 Å². The molecule has 1 aromatic heterocycles. The number of carbonyl (C=O) groups excluding carboxylic acids is 1. The van der Waals surface area contributed by atoms with Gasteiger partial charge >= 0.3 is 0 Å². The molecule has 6 heteroatoms. The molecule has 3 heterocycles. The van der Waals surface area contributed by atoms with Crippen LogP contribution in [0.4, 0.5) is 0 Å². The number of aromatic amines is 1. The molecule has 0 fully saturated rings. The van der Waals surface area contributed by atoms with Crippen LogP contribution in [-0.4, -0.2) is 34.2 Å². The average molecular weight is 453 g/mol. The lowest BCUT2D eigenvalue weighted by molar-refractivity contribution is -0.128. The number of aliphatic hydroxyl groups excluding tert-OH is 1. The van der Waals surface area contributed by atoms with Crippen molar-refractivity contribution in [2.24, 2.45) is 0 Å². The SMILES string of the molecule is O=C(C=Cc1ccc(CO)cc1)N1CCc2c([nH]c3ccccc23)C1c1ccc2c(c1)OCO2. The van der Waals surface area contributed by atoms with Gasteiger partial charge in [0, 0.05) is 29.2 Å². The molecule has 0 aliphatic carbocycles. The second-order valence-corrected chi connectivity index (χ2v) is 8.59. The molecule has 0 saturated carbocycles. The summed E-state index contributed by atoms with van der Waals surface area (Å²) in [4.78, 5) is 19.0. The van der Waals surface area contributed by atoms with Crippen molar-refractivity contribution in [2.45, 2.75) is 19.1 Å². The Bertz CT molecular complexity index is 1400. The van der Waals surface area contributed by atoms with Crippen LogP contribution in [0.3, 0.4) is 0 Å². The van der Waals surface area contributed by atoms with Gasteiger partial charge in [-0.15, -0.1) is 0 Å². The van der Waals surface area contributed by atoms with Crippen LogP contribution in [0.25, 0.3) is 17.0 Å². The first-order chi connectivity index (χ1) is 16.7. The molecule has 0 saturated heterocycles. The van der Waals surface area contributed by atoms with E-state index in [-0.39, 0.29) is 25.3 Å². The number of para-hydroxylation sites is 1. The van der Waals surface area contributed by atoms with Crippen LogP contribution < -0.4 is 9.47 Å². The van der Waals surface area contributed by atoms with E-state index in [1.165, 1.54) is 10.9 Å². The van der Waals surface area contributed by atoms with Gasteiger partial charge in [0.25, 0.3) is 0 Å². The molecule has 0 bridgehead atoms. The van der Waals surface area contributed by atoms with Crippen LogP contribution in [0.2, 0.25) is 0 Å². The quantitative estimate of drug-likeness (QED) is 0.445. The lowest BCUT2D eigenvalue weighted by Gasteiger charge is -2.35. The molecule has 4 aromatic rings. The summed E-state index contributed by atoms with van der Waals surface area (Å²) in [5, 5.41) is 10.5. The summed E-state index contributed by atoms with van der Waals surface area (Å²) in [6.45, 7) is 0.822. The van der Waals surface area contributed by atoms with E-state index < -0.39 is 0 Å². The first-order valence-corrected chi connectivity index (χ1v) is 11.4. The van der Waals surface area contributed by atoms with Crippen molar-refractivity contribution >= 4 is 22.9 Å². The van der Waals surface area contributed by atoms with Gasteiger partial charge in [-0.2, -0.15) is 0 Å². The van der Waals surface area contributed by atoms with Crippen molar-refractivity contribution in [3.8, 4) is 11.5 Å². The summed E-state index contributed by atoms with van der Waals surface area (Å²) in [6, 6.07) is 21.4. The molecule has 0 radical (unpaired) electrons. The number of ether oxygens (including phenoxy) is 2. The molecular formula is C28H24N2O4. The second kappa shape index (κ2) is 8.39.